The largest absolute Gasteiger partial charge is 0.320 e. The van der Waals surface area contributed by atoms with Crippen LogP contribution in [-0.4, -0.2) is 15.8 Å². The third-order valence-corrected chi connectivity index (χ3v) is 4.56. The van der Waals surface area contributed by atoms with Crippen molar-refractivity contribution in [3.05, 3.63) is 105 Å². The third kappa shape index (κ3) is 3.49. The van der Waals surface area contributed by atoms with Gasteiger partial charge in [-0.1, -0.05) is 48.5 Å². The van der Waals surface area contributed by atoms with Crippen LogP contribution in [-0.2, 0) is 0 Å². The number of rotatable bonds is 4. The fraction of sp³-hybridized carbons (Fsp3) is 0. The van der Waals surface area contributed by atoms with Crippen LogP contribution in [0.5, 0.6) is 0 Å². The SMILES string of the molecule is O=C(Nc1c(-c2ccccc2)c2ccccc2[nH]c1=O)c1ccc([N+](=O)[O-])cc1. The lowest BCUT2D eigenvalue weighted by Crippen LogP contribution is -2.21. The summed E-state index contributed by atoms with van der Waals surface area (Å²) in [6.07, 6.45) is 0. The standard InChI is InChI=1S/C22H15N3O4/c26-21(15-10-12-16(13-11-15)25(28)29)24-20-19(14-6-2-1-3-7-14)17-8-4-5-9-18(17)23-22(20)27/h1-13H,(H,23,27)(H,24,26). The highest BCUT2D eigenvalue weighted by Gasteiger charge is 2.18. The molecule has 0 aliphatic rings. The average Bonchev–Trinajstić information content (AvgIpc) is 2.75. The molecule has 0 radical (unpaired) electrons. The highest BCUT2D eigenvalue weighted by molar-refractivity contribution is 6.10. The Balaban J connectivity index is 1.83. The van der Waals surface area contributed by atoms with Gasteiger partial charge in [0.2, 0.25) is 0 Å². The summed E-state index contributed by atoms with van der Waals surface area (Å²) in [6.45, 7) is 0. The van der Waals surface area contributed by atoms with Gasteiger partial charge in [0.05, 0.1) is 4.92 Å². The Hall–Kier alpha value is -4.26. The summed E-state index contributed by atoms with van der Waals surface area (Å²) in [6, 6.07) is 21.8. The molecule has 0 aliphatic heterocycles. The van der Waals surface area contributed by atoms with E-state index in [-0.39, 0.29) is 16.9 Å². The van der Waals surface area contributed by atoms with Crippen molar-refractivity contribution >= 4 is 28.2 Å². The Bertz CT molecular complexity index is 1280. The minimum absolute atomic E-state index is 0.116. The highest BCUT2D eigenvalue weighted by Crippen LogP contribution is 2.32. The normalized spacial score (nSPS) is 10.6. The summed E-state index contributed by atoms with van der Waals surface area (Å²) >= 11 is 0. The van der Waals surface area contributed by atoms with E-state index in [2.05, 4.69) is 10.3 Å². The number of fused-ring (bicyclic) bond motifs is 1. The maximum atomic E-state index is 12.8. The summed E-state index contributed by atoms with van der Waals surface area (Å²) in [5.41, 5.74) is 1.84. The first-order valence-corrected chi connectivity index (χ1v) is 8.81. The number of aromatic nitrogens is 1. The number of nitro groups is 1. The summed E-state index contributed by atoms with van der Waals surface area (Å²) < 4.78 is 0. The summed E-state index contributed by atoms with van der Waals surface area (Å²) in [7, 11) is 0. The fourth-order valence-electron chi connectivity index (χ4n) is 3.19. The summed E-state index contributed by atoms with van der Waals surface area (Å²) in [5.74, 6) is -0.530. The van der Waals surface area contributed by atoms with Gasteiger partial charge in [-0.05, 0) is 23.8 Å². The second-order valence-corrected chi connectivity index (χ2v) is 6.37. The van der Waals surface area contributed by atoms with E-state index in [1.54, 1.807) is 6.07 Å². The van der Waals surface area contributed by atoms with Gasteiger partial charge in [-0.2, -0.15) is 0 Å². The van der Waals surface area contributed by atoms with Crippen LogP contribution < -0.4 is 10.9 Å². The monoisotopic (exact) mass is 385 g/mol. The van der Waals surface area contributed by atoms with Crippen LogP contribution >= 0.6 is 0 Å². The molecule has 0 aliphatic carbocycles. The first-order chi connectivity index (χ1) is 14.0. The van der Waals surface area contributed by atoms with Crippen molar-refractivity contribution in [2.24, 2.45) is 0 Å². The van der Waals surface area contributed by atoms with Crippen LogP contribution in [0.3, 0.4) is 0 Å². The molecule has 1 heterocycles. The molecule has 0 bridgehead atoms. The first kappa shape index (κ1) is 18.1. The lowest BCUT2D eigenvalue weighted by Gasteiger charge is -2.14. The Morgan fingerprint density at radius 3 is 2.24 bits per heavy atom. The lowest BCUT2D eigenvalue weighted by molar-refractivity contribution is -0.384. The van der Waals surface area contributed by atoms with E-state index in [1.807, 2.05) is 48.5 Å². The average molecular weight is 385 g/mol. The number of amides is 1. The number of benzene rings is 3. The number of aromatic amines is 1. The summed E-state index contributed by atoms with van der Waals surface area (Å²) in [5, 5.41) is 14.3. The molecule has 3 aromatic carbocycles. The number of pyridine rings is 1. The van der Waals surface area contributed by atoms with Crippen molar-refractivity contribution in [2.75, 3.05) is 5.32 Å². The van der Waals surface area contributed by atoms with Gasteiger partial charge < -0.3 is 10.3 Å². The van der Waals surface area contributed by atoms with Gasteiger partial charge in [-0.15, -0.1) is 0 Å². The fourth-order valence-corrected chi connectivity index (χ4v) is 3.19. The molecule has 0 atom stereocenters. The Labute approximate surface area is 164 Å². The number of hydrogen-bond acceptors (Lipinski definition) is 4. The number of nitrogens with one attached hydrogen (secondary N) is 2. The van der Waals surface area contributed by atoms with Crippen LogP contribution in [0.25, 0.3) is 22.0 Å². The molecular formula is C22H15N3O4. The Morgan fingerprint density at radius 2 is 1.55 bits per heavy atom. The number of hydrogen-bond donors (Lipinski definition) is 2. The van der Waals surface area contributed by atoms with Crippen molar-refractivity contribution in [1.82, 2.24) is 4.98 Å². The molecule has 2 N–H and O–H groups in total. The van der Waals surface area contributed by atoms with Gasteiger partial charge in [0.1, 0.15) is 5.69 Å². The maximum Gasteiger partial charge on any atom is 0.272 e. The summed E-state index contributed by atoms with van der Waals surface area (Å²) in [4.78, 5) is 38.6. The van der Waals surface area contributed by atoms with E-state index >= 15 is 0 Å². The highest BCUT2D eigenvalue weighted by atomic mass is 16.6. The predicted octanol–water partition coefficient (Wildman–Crippen LogP) is 4.36. The van der Waals surface area contributed by atoms with E-state index in [0.717, 1.165) is 10.9 Å². The molecule has 1 amide bonds. The van der Waals surface area contributed by atoms with Crippen molar-refractivity contribution in [2.45, 2.75) is 0 Å². The zero-order valence-corrected chi connectivity index (χ0v) is 15.1. The molecule has 1 aromatic heterocycles. The number of nitro benzene ring substituents is 1. The van der Waals surface area contributed by atoms with E-state index in [1.165, 1.54) is 24.3 Å². The third-order valence-electron chi connectivity index (χ3n) is 4.56. The smallest absolute Gasteiger partial charge is 0.272 e. The molecule has 142 valence electrons. The molecule has 7 heteroatoms. The molecule has 0 fully saturated rings. The van der Waals surface area contributed by atoms with Crippen molar-refractivity contribution < 1.29 is 9.72 Å². The minimum atomic E-state index is -0.538. The van der Waals surface area contributed by atoms with Gasteiger partial charge in [-0.3, -0.25) is 19.7 Å². The van der Waals surface area contributed by atoms with Crippen LogP contribution in [0.4, 0.5) is 11.4 Å². The van der Waals surface area contributed by atoms with Gasteiger partial charge in [0.25, 0.3) is 17.2 Å². The van der Waals surface area contributed by atoms with Gasteiger partial charge in [-0.25, -0.2) is 0 Å². The van der Waals surface area contributed by atoms with E-state index in [0.29, 0.717) is 11.1 Å². The first-order valence-electron chi connectivity index (χ1n) is 8.81. The molecule has 29 heavy (non-hydrogen) atoms. The van der Waals surface area contributed by atoms with Crippen molar-refractivity contribution in [1.29, 1.82) is 0 Å². The van der Waals surface area contributed by atoms with Crippen LogP contribution in [0, 0.1) is 10.1 Å². The second-order valence-electron chi connectivity index (χ2n) is 6.37. The van der Waals surface area contributed by atoms with Gasteiger partial charge in [0.15, 0.2) is 0 Å². The van der Waals surface area contributed by atoms with Crippen molar-refractivity contribution in [3.8, 4) is 11.1 Å². The molecule has 0 unspecified atom stereocenters. The number of non-ortho nitro benzene ring substituents is 1. The quantitative estimate of drug-likeness (QED) is 0.402. The van der Waals surface area contributed by atoms with E-state index in [4.69, 9.17) is 0 Å². The molecule has 0 saturated heterocycles. The molecule has 7 nitrogen and oxygen atoms in total. The van der Waals surface area contributed by atoms with Gasteiger partial charge >= 0.3 is 0 Å². The molecule has 4 aromatic rings. The molecule has 4 rings (SSSR count). The van der Waals surface area contributed by atoms with Gasteiger partial charge in [0, 0.05) is 34.2 Å². The number of H-pyrrole nitrogens is 1. The maximum absolute atomic E-state index is 12.8. The lowest BCUT2D eigenvalue weighted by atomic mass is 9.99. The van der Waals surface area contributed by atoms with Crippen molar-refractivity contribution in [3.63, 3.8) is 0 Å². The number of anilines is 1. The predicted molar refractivity (Wildman–Crippen MR) is 111 cm³/mol. The van der Waals surface area contributed by atoms with Crippen LogP contribution in [0.15, 0.2) is 83.7 Å². The number of carbonyl (C=O) groups excluding carboxylic acids is 1. The zero-order chi connectivity index (χ0) is 20.4. The van der Waals surface area contributed by atoms with E-state index < -0.39 is 16.4 Å². The van der Waals surface area contributed by atoms with E-state index in [9.17, 15) is 19.7 Å². The van der Waals surface area contributed by atoms with Crippen LogP contribution in [0.2, 0.25) is 0 Å². The molecular weight excluding hydrogens is 370 g/mol. The minimum Gasteiger partial charge on any atom is -0.320 e. The number of nitrogens with zero attached hydrogens (tertiary/aromatic N) is 1. The molecule has 0 spiro atoms. The Morgan fingerprint density at radius 1 is 0.897 bits per heavy atom. The second kappa shape index (κ2) is 7.40. The Kier molecular flexibility index (Phi) is 4.62. The number of para-hydroxylation sites is 1. The van der Waals surface area contributed by atoms with Crippen LogP contribution in [0.1, 0.15) is 10.4 Å². The zero-order valence-electron chi connectivity index (χ0n) is 15.1. The molecule has 0 saturated carbocycles. The number of carbonyl (C=O) groups is 1. The topological polar surface area (TPSA) is 105 Å².